The van der Waals surface area contributed by atoms with E-state index in [1.807, 2.05) is 18.7 Å². The molecule has 0 unspecified atom stereocenters. The van der Waals surface area contributed by atoms with Gasteiger partial charge in [-0.1, -0.05) is 12.8 Å². The molecule has 5 heteroatoms. The second kappa shape index (κ2) is 5.36. The summed E-state index contributed by atoms with van der Waals surface area (Å²) in [6.45, 7) is 1.95. The molecule has 1 fully saturated rings. The van der Waals surface area contributed by atoms with Crippen molar-refractivity contribution in [1.82, 2.24) is 9.97 Å². The first-order chi connectivity index (χ1) is 7.66. The molecule has 1 aliphatic carbocycles. The Morgan fingerprint density at radius 3 is 2.69 bits per heavy atom. The Morgan fingerprint density at radius 2 is 2.06 bits per heavy atom. The third-order valence-electron chi connectivity index (χ3n) is 2.84. The Labute approximate surface area is 109 Å². The molecule has 0 radical (unpaired) electrons. The van der Waals surface area contributed by atoms with Gasteiger partial charge >= 0.3 is 0 Å². The van der Waals surface area contributed by atoms with Crippen molar-refractivity contribution in [1.29, 1.82) is 0 Å². The van der Waals surface area contributed by atoms with Crippen molar-refractivity contribution in [3.8, 4) is 0 Å². The smallest absolute Gasteiger partial charge is 0.141 e. The number of nitrogens with two attached hydrogens (primary N) is 1. The molecule has 2 N–H and O–H groups in total. The lowest BCUT2D eigenvalue weighted by molar-refractivity contribution is 0.886. The molecule has 1 aromatic heterocycles. The summed E-state index contributed by atoms with van der Waals surface area (Å²) in [4.78, 5) is 8.73. The summed E-state index contributed by atoms with van der Waals surface area (Å²) in [7, 11) is 0. The number of aryl methyl sites for hydroxylation is 1. The molecule has 88 valence electrons. The summed E-state index contributed by atoms with van der Waals surface area (Å²) in [6, 6.07) is 0. The van der Waals surface area contributed by atoms with Crippen LogP contribution >= 0.6 is 27.7 Å². The minimum atomic E-state index is 0.550. The number of nitrogens with zero attached hydrogens (tertiary/aromatic N) is 2. The molecular formula is C11H16BrN3S. The number of hydrogen-bond donors (Lipinski definition) is 1. The van der Waals surface area contributed by atoms with Crippen molar-refractivity contribution in [3.63, 3.8) is 0 Å². The van der Waals surface area contributed by atoms with Crippen LogP contribution in [-0.2, 0) is 5.75 Å². The molecule has 2 rings (SSSR count). The number of hydrogen-bond acceptors (Lipinski definition) is 4. The Morgan fingerprint density at radius 1 is 1.38 bits per heavy atom. The van der Waals surface area contributed by atoms with Crippen LogP contribution in [0.2, 0.25) is 0 Å². The fourth-order valence-corrected chi connectivity index (χ4v) is 3.31. The summed E-state index contributed by atoms with van der Waals surface area (Å²) in [5.41, 5.74) is 6.72. The van der Waals surface area contributed by atoms with Gasteiger partial charge in [0.05, 0.1) is 15.9 Å². The highest BCUT2D eigenvalue weighted by Gasteiger charge is 2.16. The van der Waals surface area contributed by atoms with Gasteiger partial charge in [-0.2, -0.15) is 11.8 Å². The second-order valence-corrected chi connectivity index (χ2v) is 6.22. The van der Waals surface area contributed by atoms with Crippen LogP contribution in [0, 0.1) is 6.92 Å². The molecule has 0 atom stereocenters. The molecule has 1 saturated carbocycles. The summed E-state index contributed by atoms with van der Waals surface area (Å²) >= 11 is 5.34. The molecule has 1 aromatic rings. The van der Waals surface area contributed by atoms with E-state index < -0.39 is 0 Å². The van der Waals surface area contributed by atoms with Gasteiger partial charge in [-0.15, -0.1) is 0 Å². The lowest BCUT2D eigenvalue weighted by Gasteiger charge is -2.09. The van der Waals surface area contributed by atoms with Crippen molar-refractivity contribution in [2.75, 3.05) is 5.73 Å². The minimum absolute atomic E-state index is 0.550. The van der Waals surface area contributed by atoms with Crippen molar-refractivity contribution in [2.24, 2.45) is 0 Å². The standard InChI is InChI=1S/C11H16BrN3S/c1-7-10(12)11(13)15-9(14-7)6-16-8-4-2-3-5-8/h8H,2-6H2,1H3,(H2,13,14,15). The van der Waals surface area contributed by atoms with Gasteiger partial charge in [-0.3, -0.25) is 0 Å². The fourth-order valence-electron chi connectivity index (χ4n) is 1.95. The quantitative estimate of drug-likeness (QED) is 0.930. The maximum absolute atomic E-state index is 5.80. The lowest BCUT2D eigenvalue weighted by atomic mass is 10.4. The molecule has 16 heavy (non-hydrogen) atoms. The summed E-state index contributed by atoms with van der Waals surface area (Å²) in [5, 5.41) is 0.800. The van der Waals surface area contributed by atoms with E-state index in [0.29, 0.717) is 5.82 Å². The Bertz CT molecular complexity index is 354. The van der Waals surface area contributed by atoms with Gasteiger partial charge in [-0.05, 0) is 35.7 Å². The van der Waals surface area contributed by atoms with Gasteiger partial charge in [0.25, 0.3) is 0 Å². The highest BCUT2D eigenvalue weighted by atomic mass is 79.9. The molecular weight excluding hydrogens is 286 g/mol. The summed E-state index contributed by atoms with van der Waals surface area (Å²) in [5.74, 6) is 2.29. The highest BCUT2D eigenvalue weighted by molar-refractivity contribution is 9.10. The number of thioether (sulfide) groups is 1. The maximum Gasteiger partial charge on any atom is 0.141 e. The summed E-state index contributed by atoms with van der Waals surface area (Å²) < 4.78 is 0.821. The van der Waals surface area contributed by atoms with E-state index in [1.54, 1.807) is 0 Å². The molecule has 1 heterocycles. The Kier molecular flexibility index (Phi) is 4.08. The van der Waals surface area contributed by atoms with Crippen LogP contribution in [0.1, 0.15) is 37.2 Å². The van der Waals surface area contributed by atoms with E-state index in [1.165, 1.54) is 25.7 Å². The van der Waals surface area contributed by atoms with E-state index in [-0.39, 0.29) is 0 Å². The van der Waals surface area contributed by atoms with Gasteiger partial charge in [0, 0.05) is 5.25 Å². The lowest BCUT2D eigenvalue weighted by Crippen LogP contribution is -2.04. The van der Waals surface area contributed by atoms with E-state index in [2.05, 4.69) is 25.9 Å². The van der Waals surface area contributed by atoms with Crippen molar-refractivity contribution in [3.05, 3.63) is 16.0 Å². The number of rotatable bonds is 3. The van der Waals surface area contributed by atoms with E-state index in [0.717, 1.165) is 27.0 Å². The van der Waals surface area contributed by atoms with Crippen molar-refractivity contribution < 1.29 is 0 Å². The first kappa shape index (κ1) is 12.2. The molecule has 0 amide bonds. The van der Waals surface area contributed by atoms with Gasteiger partial charge in [0.15, 0.2) is 0 Å². The number of nitrogen functional groups attached to an aromatic ring is 1. The predicted molar refractivity (Wildman–Crippen MR) is 72.4 cm³/mol. The van der Waals surface area contributed by atoms with Crippen LogP contribution in [-0.4, -0.2) is 15.2 Å². The van der Waals surface area contributed by atoms with Crippen LogP contribution in [0.25, 0.3) is 0 Å². The normalized spacial score (nSPS) is 16.9. The highest BCUT2D eigenvalue weighted by Crippen LogP contribution is 2.31. The third kappa shape index (κ3) is 2.88. The minimum Gasteiger partial charge on any atom is -0.383 e. The van der Waals surface area contributed by atoms with Gasteiger partial charge in [0.1, 0.15) is 11.6 Å². The largest absolute Gasteiger partial charge is 0.383 e. The van der Waals surface area contributed by atoms with Crippen LogP contribution in [0.3, 0.4) is 0 Å². The second-order valence-electron chi connectivity index (χ2n) is 4.14. The first-order valence-corrected chi connectivity index (χ1v) is 7.41. The van der Waals surface area contributed by atoms with Crippen LogP contribution < -0.4 is 5.73 Å². The third-order valence-corrected chi connectivity index (χ3v) is 5.19. The Hall–Kier alpha value is -0.290. The maximum atomic E-state index is 5.80. The van der Waals surface area contributed by atoms with Crippen LogP contribution in [0.15, 0.2) is 4.47 Å². The van der Waals surface area contributed by atoms with Gasteiger partial charge < -0.3 is 5.73 Å². The van der Waals surface area contributed by atoms with E-state index >= 15 is 0 Å². The number of halogens is 1. The summed E-state index contributed by atoms with van der Waals surface area (Å²) in [6.07, 6.45) is 5.44. The number of aromatic nitrogens is 2. The number of anilines is 1. The van der Waals surface area contributed by atoms with Gasteiger partial charge in [-0.25, -0.2) is 9.97 Å². The molecule has 0 bridgehead atoms. The molecule has 0 spiro atoms. The zero-order valence-corrected chi connectivity index (χ0v) is 11.8. The van der Waals surface area contributed by atoms with Crippen LogP contribution in [0.4, 0.5) is 5.82 Å². The topological polar surface area (TPSA) is 51.8 Å². The molecule has 0 aliphatic heterocycles. The Balaban J connectivity index is 1.98. The zero-order valence-electron chi connectivity index (χ0n) is 9.37. The SMILES string of the molecule is Cc1nc(CSC2CCCC2)nc(N)c1Br. The molecule has 3 nitrogen and oxygen atoms in total. The average Bonchev–Trinajstić information content (AvgIpc) is 2.75. The predicted octanol–water partition coefficient (Wildman–Crippen LogP) is 3.31. The molecule has 0 saturated heterocycles. The monoisotopic (exact) mass is 301 g/mol. The van der Waals surface area contributed by atoms with Crippen molar-refractivity contribution in [2.45, 2.75) is 43.6 Å². The van der Waals surface area contributed by atoms with Gasteiger partial charge in [0.2, 0.25) is 0 Å². The van der Waals surface area contributed by atoms with E-state index in [4.69, 9.17) is 5.73 Å². The zero-order chi connectivity index (χ0) is 11.5. The van der Waals surface area contributed by atoms with E-state index in [9.17, 15) is 0 Å². The fraction of sp³-hybridized carbons (Fsp3) is 0.636. The molecule has 1 aliphatic rings. The first-order valence-electron chi connectivity index (χ1n) is 5.57. The van der Waals surface area contributed by atoms with Crippen molar-refractivity contribution >= 4 is 33.5 Å². The molecule has 0 aromatic carbocycles. The van der Waals surface area contributed by atoms with Crippen LogP contribution in [0.5, 0.6) is 0 Å². The average molecular weight is 302 g/mol.